The molecule has 1 N–H and O–H groups in total. The van der Waals surface area contributed by atoms with Crippen LogP contribution in [0.4, 0.5) is 0 Å². The molecule has 0 unspecified atom stereocenters. The zero-order valence-electron chi connectivity index (χ0n) is 22.5. The number of hydrogen-bond donors (Lipinski definition) is 1. The van der Waals surface area contributed by atoms with E-state index in [1.165, 1.54) is 16.7 Å². The molecule has 0 bridgehead atoms. The van der Waals surface area contributed by atoms with Gasteiger partial charge in [0.05, 0.1) is 13.7 Å². The Kier molecular flexibility index (Phi) is 10.1. The van der Waals surface area contributed by atoms with Crippen LogP contribution in [0.25, 0.3) is 0 Å². The van der Waals surface area contributed by atoms with E-state index in [-0.39, 0.29) is 11.9 Å². The average Bonchev–Trinajstić information content (AvgIpc) is 3.43. The van der Waals surface area contributed by atoms with E-state index in [0.29, 0.717) is 18.2 Å². The number of carbonyl (C=O) groups is 1. The lowest BCUT2D eigenvalue weighted by atomic mass is 9.88. The van der Waals surface area contributed by atoms with Gasteiger partial charge < -0.3 is 10.1 Å². The minimum atomic E-state index is -0.100. The van der Waals surface area contributed by atoms with Gasteiger partial charge in [-0.15, -0.1) is 11.3 Å². The van der Waals surface area contributed by atoms with Crippen molar-refractivity contribution in [3.05, 3.63) is 118 Å². The maximum Gasteiger partial charge on any atom is 0.270 e. The summed E-state index contributed by atoms with van der Waals surface area (Å²) >= 11 is 1.55. The van der Waals surface area contributed by atoms with Gasteiger partial charge in [0.25, 0.3) is 5.91 Å². The number of methoxy groups -OCH3 is 1. The number of benzene rings is 3. The van der Waals surface area contributed by atoms with E-state index in [2.05, 4.69) is 89.9 Å². The topological polar surface area (TPSA) is 54.5 Å². The largest absolute Gasteiger partial charge is 0.497 e. The molecule has 5 nitrogen and oxygen atoms in total. The van der Waals surface area contributed by atoms with Crippen LogP contribution in [-0.2, 0) is 13.1 Å². The number of rotatable bonds is 13. The van der Waals surface area contributed by atoms with Crippen LogP contribution >= 0.6 is 11.3 Å². The third kappa shape index (κ3) is 7.76. The minimum absolute atomic E-state index is 0.100. The lowest BCUT2D eigenvalue weighted by molar-refractivity contribution is 0.0934. The van der Waals surface area contributed by atoms with Crippen LogP contribution in [0.5, 0.6) is 5.75 Å². The number of carbonyl (C=O) groups excluding carboxylic acids is 1. The van der Waals surface area contributed by atoms with E-state index in [9.17, 15) is 4.79 Å². The van der Waals surface area contributed by atoms with Crippen molar-refractivity contribution < 1.29 is 9.53 Å². The standard InChI is InChI=1S/C32H37N3O2S/c1-4-24(2)33-32(36)30-23-38-31(34-30)22-35(21-25-15-17-28(37-3)18-16-25)20-19-29(26-11-7-5-8-12-26)27-13-9-6-10-14-27/h5-18,23-24,29H,4,19-22H2,1-3H3,(H,33,36)/t24-/m1/s1. The fourth-order valence-corrected chi connectivity index (χ4v) is 5.31. The van der Waals surface area contributed by atoms with Crippen LogP contribution in [0, 0.1) is 0 Å². The summed E-state index contributed by atoms with van der Waals surface area (Å²) in [7, 11) is 1.69. The number of nitrogens with zero attached hydrogens (tertiary/aromatic N) is 2. The van der Waals surface area contributed by atoms with Crippen molar-refractivity contribution in [3.63, 3.8) is 0 Å². The highest BCUT2D eigenvalue weighted by Crippen LogP contribution is 2.29. The molecule has 3 aromatic carbocycles. The Morgan fingerprint density at radius 1 is 0.947 bits per heavy atom. The molecule has 1 heterocycles. The van der Waals surface area contributed by atoms with Gasteiger partial charge in [0, 0.05) is 23.9 Å². The first-order chi connectivity index (χ1) is 18.6. The number of nitrogens with one attached hydrogen (secondary N) is 1. The summed E-state index contributed by atoms with van der Waals surface area (Å²) in [6.07, 6.45) is 1.86. The molecule has 0 aliphatic rings. The summed E-state index contributed by atoms with van der Waals surface area (Å²) in [5, 5.41) is 5.84. The first-order valence-electron chi connectivity index (χ1n) is 13.3. The molecule has 0 saturated heterocycles. The molecule has 6 heteroatoms. The molecule has 0 spiro atoms. The summed E-state index contributed by atoms with van der Waals surface area (Å²) in [5.41, 5.74) is 4.36. The van der Waals surface area contributed by atoms with Crippen molar-refractivity contribution in [2.45, 2.75) is 51.7 Å². The Morgan fingerprint density at radius 3 is 2.16 bits per heavy atom. The van der Waals surface area contributed by atoms with Crippen molar-refractivity contribution in [1.29, 1.82) is 0 Å². The van der Waals surface area contributed by atoms with Gasteiger partial charge in [0.15, 0.2) is 0 Å². The Labute approximate surface area is 230 Å². The number of ether oxygens (including phenoxy) is 1. The SMILES string of the molecule is CC[C@@H](C)NC(=O)c1csc(CN(CCC(c2ccccc2)c2ccccc2)Cc2ccc(OC)cc2)n1. The van der Waals surface area contributed by atoms with E-state index in [0.717, 1.165) is 36.7 Å². The third-order valence-corrected chi connectivity index (χ3v) is 7.67. The summed E-state index contributed by atoms with van der Waals surface area (Å²) in [6.45, 7) is 6.43. The molecular weight excluding hydrogens is 490 g/mol. The molecular formula is C32H37N3O2S. The summed E-state index contributed by atoms with van der Waals surface area (Å²) < 4.78 is 5.35. The van der Waals surface area contributed by atoms with E-state index in [1.54, 1.807) is 18.4 Å². The molecule has 1 atom stereocenters. The van der Waals surface area contributed by atoms with Gasteiger partial charge in [0.1, 0.15) is 16.5 Å². The molecule has 0 fully saturated rings. The Hall–Kier alpha value is -3.48. The summed E-state index contributed by atoms with van der Waals surface area (Å²) in [6, 6.07) is 29.8. The molecule has 1 aromatic heterocycles. The van der Waals surface area contributed by atoms with Crippen LogP contribution < -0.4 is 10.1 Å². The Morgan fingerprint density at radius 2 is 1.58 bits per heavy atom. The van der Waals surface area contributed by atoms with Crippen molar-refractivity contribution in [2.75, 3.05) is 13.7 Å². The number of hydrogen-bond acceptors (Lipinski definition) is 5. The first kappa shape index (κ1) is 27.6. The van der Waals surface area contributed by atoms with Crippen molar-refractivity contribution >= 4 is 17.2 Å². The second-order valence-electron chi connectivity index (χ2n) is 9.63. The van der Waals surface area contributed by atoms with E-state index in [4.69, 9.17) is 9.72 Å². The molecule has 0 radical (unpaired) electrons. The van der Waals surface area contributed by atoms with Gasteiger partial charge in [-0.25, -0.2) is 4.98 Å². The van der Waals surface area contributed by atoms with Gasteiger partial charge >= 0.3 is 0 Å². The Balaban J connectivity index is 1.53. The second kappa shape index (κ2) is 13.9. The average molecular weight is 528 g/mol. The molecule has 198 valence electrons. The van der Waals surface area contributed by atoms with Crippen LogP contribution in [0.15, 0.2) is 90.3 Å². The van der Waals surface area contributed by atoms with E-state index >= 15 is 0 Å². The van der Waals surface area contributed by atoms with Crippen LogP contribution in [-0.4, -0.2) is 35.5 Å². The molecule has 38 heavy (non-hydrogen) atoms. The van der Waals surface area contributed by atoms with Gasteiger partial charge in [-0.05, 0) is 55.1 Å². The summed E-state index contributed by atoms with van der Waals surface area (Å²) in [4.78, 5) is 19.7. The number of amides is 1. The summed E-state index contributed by atoms with van der Waals surface area (Å²) in [5.74, 6) is 1.05. The zero-order valence-corrected chi connectivity index (χ0v) is 23.3. The van der Waals surface area contributed by atoms with Gasteiger partial charge in [0.2, 0.25) is 0 Å². The zero-order chi connectivity index (χ0) is 26.7. The highest BCUT2D eigenvalue weighted by molar-refractivity contribution is 7.09. The highest BCUT2D eigenvalue weighted by Gasteiger charge is 2.19. The minimum Gasteiger partial charge on any atom is -0.497 e. The van der Waals surface area contributed by atoms with Crippen molar-refractivity contribution in [3.8, 4) is 5.75 Å². The molecule has 4 rings (SSSR count). The van der Waals surface area contributed by atoms with Crippen LogP contribution in [0.3, 0.4) is 0 Å². The van der Waals surface area contributed by atoms with Gasteiger partial charge in [-0.2, -0.15) is 0 Å². The number of thiazole rings is 1. The monoisotopic (exact) mass is 527 g/mol. The first-order valence-corrected chi connectivity index (χ1v) is 14.1. The second-order valence-corrected chi connectivity index (χ2v) is 10.6. The molecule has 0 aliphatic heterocycles. The molecule has 4 aromatic rings. The van der Waals surface area contributed by atoms with Gasteiger partial charge in [-0.1, -0.05) is 79.7 Å². The third-order valence-electron chi connectivity index (χ3n) is 6.84. The van der Waals surface area contributed by atoms with E-state index in [1.807, 2.05) is 24.4 Å². The molecule has 0 aliphatic carbocycles. The van der Waals surface area contributed by atoms with Crippen molar-refractivity contribution in [2.24, 2.45) is 0 Å². The smallest absolute Gasteiger partial charge is 0.270 e. The highest BCUT2D eigenvalue weighted by atomic mass is 32.1. The maximum absolute atomic E-state index is 12.6. The van der Waals surface area contributed by atoms with Gasteiger partial charge in [-0.3, -0.25) is 9.69 Å². The molecule has 1 amide bonds. The number of aromatic nitrogens is 1. The van der Waals surface area contributed by atoms with Crippen LogP contribution in [0.2, 0.25) is 0 Å². The predicted molar refractivity (Wildman–Crippen MR) is 156 cm³/mol. The fraction of sp³-hybridized carbons (Fsp3) is 0.312. The quantitative estimate of drug-likeness (QED) is 0.205. The normalized spacial score (nSPS) is 12.0. The fourth-order valence-electron chi connectivity index (χ4n) is 4.49. The van der Waals surface area contributed by atoms with Crippen molar-refractivity contribution in [1.82, 2.24) is 15.2 Å². The molecule has 0 saturated carbocycles. The van der Waals surface area contributed by atoms with Crippen LogP contribution in [0.1, 0.15) is 64.8 Å². The predicted octanol–water partition coefficient (Wildman–Crippen LogP) is 6.90. The maximum atomic E-state index is 12.6. The Bertz CT molecular complexity index is 1220. The lowest BCUT2D eigenvalue weighted by Crippen LogP contribution is -2.32. The lowest BCUT2D eigenvalue weighted by Gasteiger charge is -2.25. The van der Waals surface area contributed by atoms with E-state index < -0.39 is 0 Å².